The molecule has 1 N–H and O–H groups in total. The zero-order chi connectivity index (χ0) is 18.5. The number of pyridine rings is 1. The lowest BCUT2D eigenvalue weighted by Gasteiger charge is -2.18. The summed E-state index contributed by atoms with van der Waals surface area (Å²) in [7, 11) is 0. The Bertz CT molecular complexity index is 970. The van der Waals surface area contributed by atoms with Gasteiger partial charge in [0.2, 0.25) is 5.91 Å². The SMILES string of the molecule is O=C(/C=C\c1ccc2c(c1)OCCO2)NCc1csc(-c2ccncc2)n1. The molecule has 3 aromatic rings. The first kappa shape index (κ1) is 17.2. The van der Waals surface area contributed by atoms with Crippen molar-refractivity contribution in [3.63, 3.8) is 0 Å². The second-order valence-electron chi connectivity index (χ2n) is 5.83. The van der Waals surface area contributed by atoms with Crippen molar-refractivity contribution < 1.29 is 14.3 Å². The summed E-state index contributed by atoms with van der Waals surface area (Å²) < 4.78 is 11.0. The van der Waals surface area contributed by atoms with Crippen molar-refractivity contribution in [3.05, 3.63) is 65.4 Å². The Morgan fingerprint density at radius 3 is 2.81 bits per heavy atom. The van der Waals surface area contributed by atoms with Gasteiger partial charge in [0.25, 0.3) is 0 Å². The molecule has 0 bridgehead atoms. The van der Waals surface area contributed by atoms with Gasteiger partial charge in [-0.05, 0) is 35.9 Å². The topological polar surface area (TPSA) is 73.3 Å². The predicted octanol–water partition coefficient (Wildman–Crippen LogP) is 3.31. The predicted molar refractivity (Wildman–Crippen MR) is 104 cm³/mol. The molecule has 27 heavy (non-hydrogen) atoms. The number of amides is 1. The molecule has 136 valence electrons. The van der Waals surface area contributed by atoms with Gasteiger partial charge in [-0.1, -0.05) is 6.07 Å². The number of hydrogen-bond acceptors (Lipinski definition) is 6. The Balaban J connectivity index is 1.33. The molecule has 1 amide bonds. The summed E-state index contributed by atoms with van der Waals surface area (Å²) in [5, 5.41) is 5.70. The molecule has 3 heterocycles. The van der Waals surface area contributed by atoms with Crippen molar-refractivity contribution in [2.45, 2.75) is 6.54 Å². The third kappa shape index (κ3) is 4.32. The fraction of sp³-hybridized carbons (Fsp3) is 0.150. The summed E-state index contributed by atoms with van der Waals surface area (Å²) in [6.45, 7) is 1.48. The van der Waals surface area contributed by atoms with Gasteiger partial charge in [0.05, 0.1) is 12.2 Å². The third-order valence-corrected chi connectivity index (χ3v) is 4.86. The number of thiazole rings is 1. The summed E-state index contributed by atoms with van der Waals surface area (Å²) in [5.41, 5.74) is 2.72. The Labute approximate surface area is 160 Å². The van der Waals surface area contributed by atoms with E-state index in [2.05, 4.69) is 15.3 Å². The fourth-order valence-corrected chi connectivity index (χ4v) is 3.41. The lowest BCUT2D eigenvalue weighted by molar-refractivity contribution is -0.116. The van der Waals surface area contributed by atoms with E-state index < -0.39 is 0 Å². The Hall–Kier alpha value is -3.19. The van der Waals surface area contributed by atoms with Crippen LogP contribution in [0.2, 0.25) is 0 Å². The highest BCUT2D eigenvalue weighted by molar-refractivity contribution is 7.13. The van der Waals surface area contributed by atoms with Crippen molar-refractivity contribution in [3.8, 4) is 22.1 Å². The molecule has 0 spiro atoms. The average molecular weight is 379 g/mol. The Morgan fingerprint density at radius 2 is 1.96 bits per heavy atom. The first-order valence-electron chi connectivity index (χ1n) is 8.48. The van der Waals surface area contributed by atoms with Gasteiger partial charge in [0.1, 0.15) is 18.2 Å². The summed E-state index contributed by atoms with van der Waals surface area (Å²) in [5.74, 6) is 1.26. The van der Waals surface area contributed by atoms with Crippen molar-refractivity contribution in [2.24, 2.45) is 0 Å². The Kier molecular flexibility index (Phi) is 5.11. The molecule has 6 nitrogen and oxygen atoms in total. The van der Waals surface area contributed by atoms with E-state index in [0.717, 1.165) is 27.6 Å². The number of carbonyl (C=O) groups is 1. The quantitative estimate of drug-likeness (QED) is 0.689. The van der Waals surface area contributed by atoms with E-state index in [-0.39, 0.29) is 5.91 Å². The highest BCUT2D eigenvalue weighted by Gasteiger charge is 2.11. The van der Waals surface area contributed by atoms with Crippen LogP contribution in [0.25, 0.3) is 16.6 Å². The summed E-state index contributed by atoms with van der Waals surface area (Å²) in [6, 6.07) is 9.43. The second kappa shape index (κ2) is 8.01. The molecule has 0 radical (unpaired) electrons. The van der Waals surface area contributed by atoms with Crippen molar-refractivity contribution in [1.29, 1.82) is 0 Å². The van der Waals surface area contributed by atoms with E-state index >= 15 is 0 Å². The minimum Gasteiger partial charge on any atom is -0.486 e. The Morgan fingerprint density at radius 1 is 1.15 bits per heavy atom. The van der Waals surface area contributed by atoms with Crippen LogP contribution in [-0.4, -0.2) is 29.1 Å². The molecule has 1 aromatic carbocycles. The molecule has 2 aromatic heterocycles. The second-order valence-corrected chi connectivity index (χ2v) is 6.69. The normalized spacial score (nSPS) is 12.9. The lowest BCUT2D eigenvalue weighted by atomic mass is 10.2. The molecule has 7 heteroatoms. The van der Waals surface area contributed by atoms with Gasteiger partial charge < -0.3 is 14.8 Å². The number of aromatic nitrogens is 2. The van der Waals surface area contributed by atoms with Crippen LogP contribution in [0.15, 0.2) is 54.2 Å². The minimum absolute atomic E-state index is 0.177. The van der Waals surface area contributed by atoms with Crippen LogP contribution in [0, 0.1) is 0 Å². The van der Waals surface area contributed by atoms with Gasteiger partial charge in [-0.25, -0.2) is 4.98 Å². The van der Waals surface area contributed by atoms with Crippen LogP contribution >= 0.6 is 11.3 Å². The highest BCUT2D eigenvalue weighted by Crippen LogP contribution is 2.31. The summed E-state index contributed by atoms with van der Waals surface area (Å²) >= 11 is 1.54. The first-order valence-corrected chi connectivity index (χ1v) is 9.36. The number of carbonyl (C=O) groups excluding carboxylic acids is 1. The van der Waals surface area contributed by atoms with E-state index in [1.165, 1.54) is 6.08 Å². The molecule has 1 aliphatic rings. The van der Waals surface area contributed by atoms with Gasteiger partial charge in [0, 0.05) is 29.4 Å². The standard InChI is InChI=1S/C20H17N3O3S/c24-19(4-2-14-1-3-17-18(11-14)26-10-9-25-17)22-12-16-13-27-20(23-16)15-5-7-21-8-6-15/h1-8,11,13H,9-10,12H2,(H,22,24)/b4-2-. The maximum atomic E-state index is 12.1. The van der Waals surface area contributed by atoms with Gasteiger partial charge in [-0.3, -0.25) is 9.78 Å². The molecule has 4 rings (SSSR count). The van der Waals surface area contributed by atoms with Crippen LogP contribution in [0.5, 0.6) is 11.5 Å². The van der Waals surface area contributed by atoms with Gasteiger partial charge in [0.15, 0.2) is 11.5 Å². The maximum Gasteiger partial charge on any atom is 0.244 e. The monoisotopic (exact) mass is 379 g/mol. The van der Waals surface area contributed by atoms with Crippen LogP contribution in [0.3, 0.4) is 0 Å². The van der Waals surface area contributed by atoms with Gasteiger partial charge in [-0.2, -0.15) is 0 Å². The van der Waals surface area contributed by atoms with Gasteiger partial charge in [-0.15, -0.1) is 11.3 Å². The lowest BCUT2D eigenvalue weighted by Crippen LogP contribution is -2.20. The van der Waals surface area contributed by atoms with E-state index in [4.69, 9.17) is 9.47 Å². The zero-order valence-corrected chi connectivity index (χ0v) is 15.2. The van der Waals surface area contributed by atoms with Crippen LogP contribution < -0.4 is 14.8 Å². The number of fused-ring (bicyclic) bond motifs is 1. The van der Waals surface area contributed by atoms with Crippen LogP contribution in [-0.2, 0) is 11.3 Å². The smallest absolute Gasteiger partial charge is 0.244 e. The molecule has 0 unspecified atom stereocenters. The molecule has 0 saturated heterocycles. The van der Waals surface area contributed by atoms with E-state index in [9.17, 15) is 4.79 Å². The molecule has 1 aliphatic heterocycles. The van der Waals surface area contributed by atoms with Crippen molar-refractivity contribution in [1.82, 2.24) is 15.3 Å². The molecule has 0 aliphatic carbocycles. The zero-order valence-electron chi connectivity index (χ0n) is 14.4. The van der Waals surface area contributed by atoms with Crippen molar-refractivity contribution >= 4 is 23.3 Å². The number of rotatable bonds is 5. The first-order chi connectivity index (χ1) is 13.3. The maximum absolute atomic E-state index is 12.1. The molecule has 0 saturated carbocycles. The third-order valence-electron chi connectivity index (χ3n) is 3.92. The van der Waals surface area contributed by atoms with E-state index in [1.54, 1.807) is 29.8 Å². The van der Waals surface area contributed by atoms with E-state index in [0.29, 0.717) is 25.5 Å². The number of benzene rings is 1. The molecule has 0 fully saturated rings. The van der Waals surface area contributed by atoms with Gasteiger partial charge >= 0.3 is 0 Å². The highest BCUT2D eigenvalue weighted by atomic mass is 32.1. The number of ether oxygens (including phenoxy) is 2. The molecular weight excluding hydrogens is 362 g/mol. The average Bonchev–Trinajstić information content (AvgIpc) is 3.20. The summed E-state index contributed by atoms with van der Waals surface area (Å²) in [6.07, 6.45) is 6.72. The number of nitrogens with zero attached hydrogens (tertiary/aromatic N) is 2. The summed E-state index contributed by atoms with van der Waals surface area (Å²) in [4.78, 5) is 20.6. The fourth-order valence-electron chi connectivity index (χ4n) is 2.59. The molecular formula is C20H17N3O3S. The number of hydrogen-bond donors (Lipinski definition) is 1. The largest absolute Gasteiger partial charge is 0.486 e. The minimum atomic E-state index is -0.177. The molecule has 0 atom stereocenters. The van der Waals surface area contributed by atoms with E-state index in [1.807, 2.05) is 35.7 Å². The van der Waals surface area contributed by atoms with Crippen molar-refractivity contribution in [2.75, 3.05) is 13.2 Å². The van der Waals surface area contributed by atoms with Crippen LogP contribution in [0.1, 0.15) is 11.3 Å². The number of nitrogens with one attached hydrogen (secondary N) is 1. The van der Waals surface area contributed by atoms with Crippen LogP contribution in [0.4, 0.5) is 0 Å².